The number of rotatable bonds is 3. The van der Waals surface area contributed by atoms with Crippen LogP contribution in [0.3, 0.4) is 0 Å². The summed E-state index contributed by atoms with van der Waals surface area (Å²) in [6, 6.07) is 7.53. The number of benzene rings is 1. The highest BCUT2D eigenvalue weighted by molar-refractivity contribution is 9.10. The van der Waals surface area contributed by atoms with E-state index in [1.54, 1.807) is 0 Å². The van der Waals surface area contributed by atoms with Crippen molar-refractivity contribution < 1.29 is 4.79 Å². The molecule has 0 fully saturated rings. The first-order valence-corrected chi connectivity index (χ1v) is 5.85. The van der Waals surface area contributed by atoms with Crippen LogP contribution in [0.1, 0.15) is 12.8 Å². The van der Waals surface area contributed by atoms with Gasteiger partial charge in [-0.3, -0.25) is 4.79 Å². The molecule has 4 nitrogen and oxygen atoms in total. The number of halogens is 1. The van der Waals surface area contributed by atoms with E-state index in [1.807, 2.05) is 24.3 Å². The molecular weight excluding hydrogens is 270 g/mol. The molecule has 5 heteroatoms. The predicted octanol–water partition coefficient (Wildman–Crippen LogP) is 1.89. The van der Waals surface area contributed by atoms with Gasteiger partial charge in [-0.1, -0.05) is 12.1 Å². The quantitative estimate of drug-likeness (QED) is 0.920. The van der Waals surface area contributed by atoms with Crippen LogP contribution in [-0.4, -0.2) is 18.2 Å². The summed E-state index contributed by atoms with van der Waals surface area (Å²) in [7, 11) is 0. The fourth-order valence-electron chi connectivity index (χ4n) is 1.60. The molecule has 1 heterocycles. The van der Waals surface area contributed by atoms with Crippen molar-refractivity contribution in [3.8, 4) is 0 Å². The van der Waals surface area contributed by atoms with Crippen LogP contribution in [0.15, 0.2) is 33.8 Å². The van der Waals surface area contributed by atoms with Gasteiger partial charge in [0.2, 0.25) is 0 Å². The zero-order chi connectivity index (χ0) is 11.5. The zero-order valence-corrected chi connectivity index (χ0v) is 10.3. The Hall–Kier alpha value is -1.20. The third-order valence-electron chi connectivity index (χ3n) is 2.35. The van der Waals surface area contributed by atoms with Gasteiger partial charge in [0.15, 0.2) is 0 Å². The molecule has 0 radical (unpaired) electrons. The van der Waals surface area contributed by atoms with Crippen LogP contribution < -0.4 is 10.7 Å². The lowest BCUT2D eigenvalue weighted by atomic mass is 10.2. The van der Waals surface area contributed by atoms with Crippen molar-refractivity contribution in [3.63, 3.8) is 0 Å². The van der Waals surface area contributed by atoms with Gasteiger partial charge in [-0.15, -0.1) is 0 Å². The van der Waals surface area contributed by atoms with Crippen LogP contribution in [0.5, 0.6) is 0 Å². The molecule has 0 spiro atoms. The van der Waals surface area contributed by atoms with Gasteiger partial charge in [0.1, 0.15) is 0 Å². The minimum atomic E-state index is -0.00431. The van der Waals surface area contributed by atoms with E-state index in [0.29, 0.717) is 19.4 Å². The van der Waals surface area contributed by atoms with Gasteiger partial charge in [-0.05, 0) is 34.6 Å². The summed E-state index contributed by atoms with van der Waals surface area (Å²) in [6.45, 7) is 0.524. The number of hydrogen-bond acceptors (Lipinski definition) is 3. The largest absolute Gasteiger partial charge is 0.330 e. The molecule has 0 saturated carbocycles. The van der Waals surface area contributed by atoms with Gasteiger partial charge in [-0.25, -0.2) is 0 Å². The van der Waals surface area contributed by atoms with Crippen molar-refractivity contribution in [1.29, 1.82) is 0 Å². The average Bonchev–Trinajstić information content (AvgIpc) is 2.61. The minimum Gasteiger partial charge on any atom is -0.330 e. The number of nitrogens with two attached hydrogens (primary N) is 1. The Morgan fingerprint density at radius 2 is 2.19 bits per heavy atom. The molecule has 1 aromatic carbocycles. The van der Waals surface area contributed by atoms with Gasteiger partial charge in [0.25, 0.3) is 5.91 Å². The topological polar surface area (TPSA) is 58.7 Å². The third-order valence-corrected chi connectivity index (χ3v) is 3.02. The molecular formula is C11H12BrN3O. The summed E-state index contributed by atoms with van der Waals surface area (Å²) in [5.74, 6) is -0.00431. The highest BCUT2D eigenvalue weighted by Crippen LogP contribution is 2.29. The predicted molar refractivity (Wildman–Crippen MR) is 67.4 cm³/mol. The molecule has 2 N–H and O–H groups in total. The van der Waals surface area contributed by atoms with Crippen molar-refractivity contribution in [2.75, 3.05) is 11.6 Å². The number of hydrazone groups is 1. The molecule has 1 aliphatic rings. The summed E-state index contributed by atoms with van der Waals surface area (Å²) < 4.78 is 0.862. The summed E-state index contributed by atoms with van der Waals surface area (Å²) in [6.07, 6.45) is 1.05. The number of carbonyl (C=O) groups excluding carboxylic acids is 1. The SMILES string of the molecule is NCCC1=NN(c2ccccc2Br)C(=O)C1. The lowest BCUT2D eigenvalue weighted by Gasteiger charge is -2.12. The monoisotopic (exact) mass is 281 g/mol. The maximum Gasteiger partial charge on any atom is 0.253 e. The summed E-state index contributed by atoms with van der Waals surface area (Å²) in [5, 5.41) is 5.72. The second-order valence-electron chi connectivity index (χ2n) is 3.54. The normalized spacial score (nSPS) is 15.5. The molecule has 84 valence electrons. The van der Waals surface area contributed by atoms with Crippen LogP contribution in [0.25, 0.3) is 0 Å². The molecule has 0 atom stereocenters. The first-order chi connectivity index (χ1) is 7.72. The fraction of sp³-hybridized carbons (Fsp3) is 0.273. The smallest absolute Gasteiger partial charge is 0.253 e. The summed E-state index contributed by atoms with van der Waals surface area (Å²) in [4.78, 5) is 11.8. The van der Waals surface area contributed by atoms with Gasteiger partial charge in [0, 0.05) is 16.6 Å². The average molecular weight is 282 g/mol. The van der Waals surface area contributed by atoms with Gasteiger partial charge < -0.3 is 5.73 Å². The second-order valence-corrected chi connectivity index (χ2v) is 4.39. The Labute approximate surface area is 102 Å². The zero-order valence-electron chi connectivity index (χ0n) is 8.69. The van der Waals surface area contributed by atoms with Gasteiger partial charge in [-0.2, -0.15) is 10.1 Å². The van der Waals surface area contributed by atoms with Crippen molar-refractivity contribution in [1.82, 2.24) is 0 Å². The number of hydrogen-bond donors (Lipinski definition) is 1. The maximum atomic E-state index is 11.8. The standard InChI is InChI=1S/C11H12BrN3O/c12-9-3-1-2-4-10(9)15-11(16)7-8(14-15)5-6-13/h1-4H,5-7,13H2. The highest BCUT2D eigenvalue weighted by Gasteiger charge is 2.25. The Balaban J connectivity index is 2.28. The number of amides is 1. The van der Waals surface area contributed by atoms with Crippen molar-refractivity contribution in [2.45, 2.75) is 12.8 Å². The van der Waals surface area contributed by atoms with Crippen LogP contribution in [0, 0.1) is 0 Å². The highest BCUT2D eigenvalue weighted by atomic mass is 79.9. The molecule has 0 saturated heterocycles. The van der Waals surface area contributed by atoms with Crippen LogP contribution in [0.2, 0.25) is 0 Å². The van der Waals surface area contributed by atoms with Crippen LogP contribution in [0.4, 0.5) is 5.69 Å². The molecule has 0 aromatic heterocycles. The van der Waals surface area contributed by atoms with E-state index >= 15 is 0 Å². The van der Waals surface area contributed by atoms with Crippen molar-refractivity contribution in [3.05, 3.63) is 28.7 Å². The van der Waals surface area contributed by atoms with E-state index in [0.717, 1.165) is 15.9 Å². The maximum absolute atomic E-state index is 11.8. The molecule has 1 aromatic rings. The molecule has 0 unspecified atom stereocenters. The van der Waals surface area contributed by atoms with Gasteiger partial charge in [0.05, 0.1) is 12.1 Å². The Morgan fingerprint density at radius 3 is 2.88 bits per heavy atom. The Bertz CT molecular complexity index is 445. The summed E-state index contributed by atoms with van der Waals surface area (Å²) in [5.41, 5.74) is 7.08. The summed E-state index contributed by atoms with van der Waals surface area (Å²) >= 11 is 3.40. The Morgan fingerprint density at radius 1 is 1.44 bits per heavy atom. The third kappa shape index (κ3) is 2.15. The number of anilines is 1. The number of para-hydroxylation sites is 1. The first kappa shape index (κ1) is 11.3. The van der Waals surface area contributed by atoms with E-state index in [9.17, 15) is 4.79 Å². The molecule has 0 aliphatic carbocycles. The van der Waals surface area contributed by atoms with Crippen molar-refractivity contribution >= 4 is 33.2 Å². The van der Waals surface area contributed by atoms with E-state index in [4.69, 9.17) is 5.73 Å². The molecule has 16 heavy (non-hydrogen) atoms. The van der Waals surface area contributed by atoms with E-state index in [1.165, 1.54) is 5.01 Å². The minimum absolute atomic E-state index is 0.00431. The van der Waals surface area contributed by atoms with E-state index < -0.39 is 0 Å². The van der Waals surface area contributed by atoms with Crippen LogP contribution >= 0.6 is 15.9 Å². The van der Waals surface area contributed by atoms with Crippen molar-refractivity contribution in [2.24, 2.45) is 10.8 Å². The molecule has 2 rings (SSSR count). The van der Waals surface area contributed by atoms with E-state index in [-0.39, 0.29) is 5.91 Å². The molecule has 1 aliphatic heterocycles. The first-order valence-electron chi connectivity index (χ1n) is 5.06. The lowest BCUT2D eigenvalue weighted by Crippen LogP contribution is -2.19. The molecule has 0 bridgehead atoms. The number of nitrogens with zero attached hydrogens (tertiary/aromatic N) is 2. The fourth-order valence-corrected chi connectivity index (χ4v) is 2.05. The lowest BCUT2D eigenvalue weighted by molar-refractivity contribution is -0.116. The van der Waals surface area contributed by atoms with Gasteiger partial charge >= 0.3 is 0 Å². The van der Waals surface area contributed by atoms with E-state index in [2.05, 4.69) is 21.0 Å². The number of carbonyl (C=O) groups is 1. The Kier molecular flexibility index (Phi) is 3.36. The second kappa shape index (κ2) is 4.76. The van der Waals surface area contributed by atoms with Crippen LogP contribution in [-0.2, 0) is 4.79 Å². The molecule has 1 amide bonds.